The number of hydrogen-bond donors (Lipinski definition) is 2. The Morgan fingerprint density at radius 1 is 1.12 bits per heavy atom. The lowest BCUT2D eigenvalue weighted by atomic mass is 10.1. The van der Waals surface area contributed by atoms with Gasteiger partial charge in [-0.05, 0) is 54.8 Å². The number of benzene rings is 2. The summed E-state index contributed by atoms with van der Waals surface area (Å²) in [7, 11) is 0. The second-order valence-electron chi connectivity index (χ2n) is 5.59. The second kappa shape index (κ2) is 6.37. The number of nitrogens with one attached hydrogen (secondary N) is 1. The molecule has 0 bridgehead atoms. The lowest BCUT2D eigenvalue weighted by Crippen LogP contribution is -2.22. The van der Waals surface area contributed by atoms with Crippen LogP contribution in [-0.2, 0) is 0 Å². The first-order valence-electron chi connectivity index (χ1n) is 7.44. The van der Waals surface area contributed by atoms with Crippen LogP contribution in [0.1, 0.15) is 11.1 Å². The molecule has 0 spiro atoms. The molecule has 3 aromatic rings. The van der Waals surface area contributed by atoms with E-state index < -0.39 is 6.03 Å². The van der Waals surface area contributed by atoms with Crippen molar-refractivity contribution in [3.8, 4) is 11.1 Å². The summed E-state index contributed by atoms with van der Waals surface area (Å²) in [4.78, 5) is 12.4. The third kappa shape index (κ3) is 3.12. The van der Waals surface area contributed by atoms with Gasteiger partial charge in [0.05, 0.1) is 6.20 Å². The van der Waals surface area contributed by atoms with Gasteiger partial charge in [0.2, 0.25) is 0 Å². The Balaban J connectivity index is 1.85. The highest BCUT2D eigenvalue weighted by Crippen LogP contribution is 2.27. The van der Waals surface area contributed by atoms with E-state index in [0.29, 0.717) is 16.3 Å². The number of aromatic nitrogens is 2. The molecular formula is C18H17ClN4O. The largest absolute Gasteiger partial charge is 0.383 e. The summed E-state index contributed by atoms with van der Waals surface area (Å²) in [6.45, 7) is 4.01. The van der Waals surface area contributed by atoms with Crippen LogP contribution < -0.4 is 11.1 Å². The summed E-state index contributed by atoms with van der Waals surface area (Å²) in [6.07, 6.45) is 1.57. The SMILES string of the molecule is Cc1ccc(NC(=O)n2ncc(-c3ccc(Cl)cc3)c2N)cc1C. The van der Waals surface area contributed by atoms with E-state index in [-0.39, 0.29) is 5.82 Å². The first-order valence-corrected chi connectivity index (χ1v) is 7.81. The molecule has 6 heteroatoms. The fraction of sp³-hybridized carbons (Fsp3) is 0.111. The maximum absolute atomic E-state index is 12.4. The third-order valence-electron chi connectivity index (χ3n) is 3.91. The number of halogens is 1. The molecule has 24 heavy (non-hydrogen) atoms. The van der Waals surface area contributed by atoms with Crippen LogP contribution in [0.15, 0.2) is 48.7 Å². The average molecular weight is 341 g/mol. The Bertz CT molecular complexity index is 900. The van der Waals surface area contributed by atoms with E-state index in [1.165, 1.54) is 0 Å². The number of nitrogens with zero attached hydrogens (tertiary/aromatic N) is 2. The Hall–Kier alpha value is -2.79. The van der Waals surface area contributed by atoms with Crippen LogP contribution in [0.4, 0.5) is 16.3 Å². The number of rotatable bonds is 2. The number of carbonyl (C=O) groups is 1. The van der Waals surface area contributed by atoms with Crippen LogP contribution in [0, 0.1) is 13.8 Å². The van der Waals surface area contributed by atoms with Gasteiger partial charge in [0.1, 0.15) is 5.82 Å². The molecule has 0 aliphatic carbocycles. The van der Waals surface area contributed by atoms with E-state index in [9.17, 15) is 4.79 Å². The molecule has 0 saturated carbocycles. The van der Waals surface area contributed by atoms with Crippen LogP contribution in [0.5, 0.6) is 0 Å². The number of nitrogen functional groups attached to an aromatic ring is 1. The quantitative estimate of drug-likeness (QED) is 0.722. The van der Waals surface area contributed by atoms with Crippen molar-refractivity contribution in [1.29, 1.82) is 0 Å². The lowest BCUT2D eigenvalue weighted by molar-refractivity contribution is 0.251. The zero-order valence-electron chi connectivity index (χ0n) is 13.4. The first kappa shape index (κ1) is 16.1. The molecule has 3 N–H and O–H groups in total. The van der Waals surface area contributed by atoms with Gasteiger partial charge in [0.25, 0.3) is 0 Å². The van der Waals surface area contributed by atoms with Crippen molar-refractivity contribution in [3.05, 3.63) is 64.8 Å². The molecule has 0 fully saturated rings. The highest BCUT2D eigenvalue weighted by Gasteiger charge is 2.15. The molecule has 0 aliphatic heterocycles. The molecule has 5 nitrogen and oxygen atoms in total. The lowest BCUT2D eigenvalue weighted by Gasteiger charge is -2.09. The molecule has 1 heterocycles. The number of aryl methyl sites for hydroxylation is 2. The smallest absolute Gasteiger partial charge is 0.348 e. The Labute approximate surface area is 145 Å². The summed E-state index contributed by atoms with van der Waals surface area (Å²) in [5, 5.41) is 7.53. The fourth-order valence-electron chi connectivity index (χ4n) is 2.37. The number of carbonyl (C=O) groups excluding carboxylic acids is 1. The van der Waals surface area contributed by atoms with Crippen molar-refractivity contribution >= 4 is 29.1 Å². The minimum absolute atomic E-state index is 0.277. The van der Waals surface area contributed by atoms with Crippen molar-refractivity contribution in [2.45, 2.75) is 13.8 Å². The number of hydrogen-bond acceptors (Lipinski definition) is 3. The minimum atomic E-state index is -0.407. The van der Waals surface area contributed by atoms with Crippen LogP contribution >= 0.6 is 11.6 Å². The highest BCUT2D eigenvalue weighted by molar-refractivity contribution is 6.30. The molecule has 3 rings (SSSR count). The van der Waals surface area contributed by atoms with Crippen molar-refractivity contribution in [2.75, 3.05) is 11.1 Å². The molecule has 0 aliphatic rings. The van der Waals surface area contributed by atoms with Gasteiger partial charge < -0.3 is 11.1 Å². The zero-order chi connectivity index (χ0) is 17.3. The summed E-state index contributed by atoms with van der Waals surface area (Å²) < 4.78 is 1.15. The first-order chi connectivity index (χ1) is 11.5. The van der Waals surface area contributed by atoms with E-state index >= 15 is 0 Å². The molecule has 0 radical (unpaired) electrons. The normalized spacial score (nSPS) is 10.6. The van der Waals surface area contributed by atoms with E-state index in [1.54, 1.807) is 18.3 Å². The summed E-state index contributed by atoms with van der Waals surface area (Å²) >= 11 is 5.89. The second-order valence-corrected chi connectivity index (χ2v) is 6.03. The summed E-state index contributed by atoms with van der Waals surface area (Å²) in [6, 6.07) is 12.5. The zero-order valence-corrected chi connectivity index (χ0v) is 14.1. The molecule has 2 aromatic carbocycles. The van der Waals surface area contributed by atoms with Gasteiger partial charge in [-0.2, -0.15) is 9.78 Å². The topological polar surface area (TPSA) is 72.9 Å². The van der Waals surface area contributed by atoms with Gasteiger partial charge in [0, 0.05) is 16.3 Å². The molecule has 122 valence electrons. The fourth-order valence-corrected chi connectivity index (χ4v) is 2.49. The van der Waals surface area contributed by atoms with Crippen LogP contribution in [0.2, 0.25) is 5.02 Å². The standard InChI is InChI=1S/C18H17ClN4O/c1-11-3-8-15(9-12(11)2)22-18(24)23-17(20)16(10-21-23)13-4-6-14(19)7-5-13/h3-10H,20H2,1-2H3,(H,22,24). The Morgan fingerprint density at radius 2 is 1.83 bits per heavy atom. The monoisotopic (exact) mass is 340 g/mol. The van der Waals surface area contributed by atoms with Gasteiger partial charge in [0.15, 0.2) is 0 Å². The van der Waals surface area contributed by atoms with Gasteiger partial charge in [-0.3, -0.25) is 0 Å². The highest BCUT2D eigenvalue weighted by atomic mass is 35.5. The van der Waals surface area contributed by atoms with Crippen molar-refractivity contribution in [3.63, 3.8) is 0 Å². The van der Waals surface area contributed by atoms with Gasteiger partial charge in [-0.25, -0.2) is 4.79 Å². The molecule has 1 amide bonds. The number of amides is 1. The minimum Gasteiger partial charge on any atom is -0.383 e. The molecular weight excluding hydrogens is 324 g/mol. The van der Waals surface area contributed by atoms with Crippen molar-refractivity contribution in [1.82, 2.24) is 9.78 Å². The predicted octanol–water partition coefficient (Wildman–Crippen LogP) is 4.48. The average Bonchev–Trinajstić information content (AvgIpc) is 2.93. The number of nitrogens with two attached hydrogens (primary N) is 1. The van der Waals surface area contributed by atoms with Crippen LogP contribution in [0.3, 0.4) is 0 Å². The van der Waals surface area contributed by atoms with E-state index in [0.717, 1.165) is 21.4 Å². The Morgan fingerprint density at radius 3 is 2.50 bits per heavy atom. The summed E-state index contributed by atoms with van der Waals surface area (Å²) in [5.41, 5.74) is 10.6. The predicted molar refractivity (Wildman–Crippen MR) is 97.4 cm³/mol. The van der Waals surface area contributed by atoms with E-state index in [4.69, 9.17) is 17.3 Å². The van der Waals surface area contributed by atoms with Crippen molar-refractivity contribution in [2.24, 2.45) is 0 Å². The molecule has 1 aromatic heterocycles. The van der Waals surface area contributed by atoms with Crippen molar-refractivity contribution < 1.29 is 4.79 Å². The Kier molecular flexibility index (Phi) is 4.27. The third-order valence-corrected chi connectivity index (χ3v) is 4.16. The number of anilines is 2. The van der Waals surface area contributed by atoms with Gasteiger partial charge in [-0.15, -0.1) is 0 Å². The van der Waals surface area contributed by atoms with Gasteiger partial charge in [-0.1, -0.05) is 29.8 Å². The maximum atomic E-state index is 12.4. The molecule has 0 unspecified atom stereocenters. The van der Waals surface area contributed by atoms with Gasteiger partial charge >= 0.3 is 6.03 Å². The van der Waals surface area contributed by atoms with E-state index in [2.05, 4.69) is 10.4 Å². The van der Waals surface area contributed by atoms with Crippen LogP contribution in [0.25, 0.3) is 11.1 Å². The summed E-state index contributed by atoms with van der Waals surface area (Å²) in [5.74, 6) is 0.277. The molecule has 0 atom stereocenters. The molecule has 0 saturated heterocycles. The maximum Gasteiger partial charge on any atom is 0.348 e. The van der Waals surface area contributed by atoms with Crippen LogP contribution in [-0.4, -0.2) is 15.8 Å². The van der Waals surface area contributed by atoms with E-state index in [1.807, 2.05) is 44.2 Å².